The molecule has 3 rings (SSSR count). The number of nitrogens with zero attached hydrogens (tertiary/aromatic N) is 1. The smallest absolute Gasteiger partial charge is 0.0401 e. The van der Waals surface area contributed by atoms with Crippen LogP contribution in [0.5, 0.6) is 0 Å². The van der Waals surface area contributed by atoms with Gasteiger partial charge in [0, 0.05) is 18.3 Å². The van der Waals surface area contributed by atoms with Crippen molar-refractivity contribution in [2.45, 2.75) is 38.1 Å². The van der Waals surface area contributed by atoms with Crippen LogP contribution in [0.15, 0.2) is 24.3 Å². The highest BCUT2D eigenvalue weighted by Gasteiger charge is 2.27. The van der Waals surface area contributed by atoms with E-state index in [0.717, 1.165) is 6.04 Å². The Morgan fingerprint density at radius 3 is 2.87 bits per heavy atom. The maximum atomic E-state index is 2.64. The lowest BCUT2D eigenvalue weighted by Gasteiger charge is -2.42. The van der Waals surface area contributed by atoms with Gasteiger partial charge in [-0.25, -0.2) is 0 Å². The highest BCUT2D eigenvalue weighted by atomic mass is 35.5. The van der Waals surface area contributed by atoms with Crippen molar-refractivity contribution in [3.05, 3.63) is 29.8 Å². The van der Waals surface area contributed by atoms with Crippen LogP contribution in [0.1, 0.15) is 31.2 Å². The van der Waals surface area contributed by atoms with E-state index in [1.165, 1.54) is 44.3 Å². The standard InChI is InChI=1S/C13H17N.ClH/c1-2-7-13-11(5-1)8-9-12-6-3-4-10-14(12)13;/h1-2,5,7,12H,3-4,6,8-10H2;1H. The Bertz CT molecular complexity index is 337. The normalized spacial score (nSPS) is 23.7. The SMILES string of the molecule is Cl.c1ccc2c(c1)CCC1CCCCN21. The number of hydrogen-bond acceptors (Lipinski definition) is 1. The highest BCUT2D eigenvalue weighted by molar-refractivity contribution is 5.85. The van der Waals surface area contributed by atoms with Crippen molar-refractivity contribution in [2.24, 2.45) is 0 Å². The number of anilines is 1. The first-order valence-corrected chi connectivity index (χ1v) is 5.80. The Labute approximate surface area is 97.9 Å². The molecule has 1 aromatic carbocycles. The number of benzene rings is 1. The lowest BCUT2D eigenvalue weighted by Crippen LogP contribution is -2.42. The van der Waals surface area contributed by atoms with Crippen LogP contribution in [0, 0.1) is 0 Å². The summed E-state index contributed by atoms with van der Waals surface area (Å²) in [6, 6.07) is 9.78. The van der Waals surface area contributed by atoms with Gasteiger partial charge < -0.3 is 4.90 Å². The van der Waals surface area contributed by atoms with E-state index in [9.17, 15) is 0 Å². The molecule has 1 nitrogen and oxygen atoms in total. The molecular formula is C13H18ClN. The topological polar surface area (TPSA) is 3.24 Å². The van der Waals surface area contributed by atoms with Crippen LogP contribution in [-0.2, 0) is 6.42 Å². The zero-order valence-corrected chi connectivity index (χ0v) is 9.80. The third-order valence-electron chi connectivity index (χ3n) is 3.68. The van der Waals surface area contributed by atoms with E-state index in [4.69, 9.17) is 0 Å². The zero-order valence-electron chi connectivity index (χ0n) is 8.98. The molecule has 1 unspecified atom stereocenters. The molecule has 15 heavy (non-hydrogen) atoms. The Morgan fingerprint density at radius 1 is 1.07 bits per heavy atom. The molecule has 2 aliphatic heterocycles. The summed E-state index contributed by atoms with van der Waals surface area (Å²) in [5.74, 6) is 0. The van der Waals surface area contributed by atoms with Crippen molar-refractivity contribution in [1.29, 1.82) is 0 Å². The predicted molar refractivity (Wildman–Crippen MR) is 67.0 cm³/mol. The van der Waals surface area contributed by atoms with Crippen LogP contribution >= 0.6 is 12.4 Å². The third kappa shape index (κ3) is 1.85. The van der Waals surface area contributed by atoms with Crippen LogP contribution in [0.3, 0.4) is 0 Å². The Morgan fingerprint density at radius 2 is 1.93 bits per heavy atom. The third-order valence-corrected chi connectivity index (χ3v) is 3.68. The lowest BCUT2D eigenvalue weighted by molar-refractivity contribution is 0.424. The molecule has 1 atom stereocenters. The molecule has 0 aliphatic carbocycles. The van der Waals surface area contributed by atoms with Crippen molar-refractivity contribution < 1.29 is 0 Å². The molecule has 0 N–H and O–H groups in total. The maximum Gasteiger partial charge on any atom is 0.0401 e. The van der Waals surface area contributed by atoms with Crippen molar-refractivity contribution in [2.75, 3.05) is 11.4 Å². The first-order chi connectivity index (χ1) is 6.95. The fourth-order valence-electron chi connectivity index (χ4n) is 2.94. The Hall–Kier alpha value is -0.690. The van der Waals surface area contributed by atoms with Gasteiger partial charge in [-0.1, -0.05) is 18.2 Å². The van der Waals surface area contributed by atoms with Gasteiger partial charge in [-0.3, -0.25) is 0 Å². The molecule has 2 aliphatic rings. The van der Waals surface area contributed by atoms with E-state index in [1.807, 2.05) is 0 Å². The predicted octanol–water partition coefficient (Wildman–Crippen LogP) is 3.41. The number of rotatable bonds is 0. The van der Waals surface area contributed by atoms with Gasteiger partial charge in [0.25, 0.3) is 0 Å². The molecule has 0 bridgehead atoms. The number of halogens is 1. The number of para-hydroxylation sites is 1. The van der Waals surface area contributed by atoms with Gasteiger partial charge in [-0.05, 0) is 43.7 Å². The second-order valence-corrected chi connectivity index (χ2v) is 4.51. The highest BCUT2D eigenvalue weighted by Crippen LogP contribution is 2.34. The summed E-state index contributed by atoms with van der Waals surface area (Å²) in [6.07, 6.45) is 6.89. The van der Waals surface area contributed by atoms with Crippen molar-refractivity contribution in [3.8, 4) is 0 Å². The van der Waals surface area contributed by atoms with Gasteiger partial charge in [0.1, 0.15) is 0 Å². The summed E-state index contributed by atoms with van der Waals surface area (Å²) in [5, 5.41) is 0. The van der Waals surface area contributed by atoms with Gasteiger partial charge in [-0.15, -0.1) is 12.4 Å². The van der Waals surface area contributed by atoms with Gasteiger partial charge in [0.2, 0.25) is 0 Å². The first kappa shape index (κ1) is 10.8. The van der Waals surface area contributed by atoms with Gasteiger partial charge >= 0.3 is 0 Å². The lowest BCUT2D eigenvalue weighted by atomic mass is 9.90. The summed E-state index contributed by atoms with van der Waals surface area (Å²) >= 11 is 0. The van der Waals surface area contributed by atoms with Gasteiger partial charge in [0.15, 0.2) is 0 Å². The van der Waals surface area contributed by atoms with Crippen molar-refractivity contribution >= 4 is 18.1 Å². The molecule has 1 fully saturated rings. The average molecular weight is 224 g/mol. The quantitative estimate of drug-likeness (QED) is 0.652. The Balaban J connectivity index is 0.000000853. The second kappa shape index (κ2) is 4.44. The summed E-state index contributed by atoms with van der Waals surface area (Å²) < 4.78 is 0. The number of hydrogen-bond donors (Lipinski definition) is 0. The molecule has 82 valence electrons. The van der Waals surface area contributed by atoms with Crippen LogP contribution < -0.4 is 4.90 Å². The van der Waals surface area contributed by atoms with E-state index in [2.05, 4.69) is 29.2 Å². The van der Waals surface area contributed by atoms with Crippen molar-refractivity contribution in [3.63, 3.8) is 0 Å². The van der Waals surface area contributed by atoms with E-state index in [0.29, 0.717) is 0 Å². The summed E-state index contributed by atoms with van der Waals surface area (Å²) in [6.45, 7) is 1.28. The molecule has 1 aromatic rings. The number of aryl methyl sites for hydroxylation is 1. The summed E-state index contributed by atoms with van der Waals surface area (Å²) in [5.41, 5.74) is 3.08. The van der Waals surface area contributed by atoms with E-state index >= 15 is 0 Å². The molecule has 2 heteroatoms. The van der Waals surface area contributed by atoms with Crippen molar-refractivity contribution in [1.82, 2.24) is 0 Å². The largest absolute Gasteiger partial charge is 0.368 e. The summed E-state index contributed by atoms with van der Waals surface area (Å²) in [7, 11) is 0. The van der Waals surface area contributed by atoms with Crippen LogP contribution in [0.2, 0.25) is 0 Å². The minimum absolute atomic E-state index is 0. The number of piperidine rings is 1. The van der Waals surface area contributed by atoms with Crippen LogP contribution in [-0.4, -0.2) is 12.6 Å². The minimum atomic E-state index is 0. The molecule has 2 heterocycles. The Kier molecular flexibility index (Phi) is 3.20. The molecule has 1 saturated heterocycles. The average Bonchev–Trinajstić information content (AvgIpc) is 2.29. The first-order valence-electron chi connectivity index (χ1n) is 5.80. The zero-order chi connectivity index (χ0) is 9.38. The second-order valence-electron chi connectivity index (χ2n) is 4.51. The van der Waals surface area contributed by atoms with E-state index in [-0.39, 0.29) is 12.4 Å². The fraction of sp³-hybridized carbons (Fsp3) is 0.538. The monoisotopic (exact) mass is 223 g/mol. The molecule has 0 radical (unpaired) electrons. The maximum absolute atomic E-state index is 2.64. The minimum Gasteiger partial charge on any atom is -0.368 e. The number of fused-ring (bicyclic) bond motifs is 3. The van der Waals surface area contributed by atoms with E-state index < -0.39 is 0 Å². The van der Waals surface area contributed by atoms with Crippen LogP contribution in [0.25, 0.3) is 0 Å². The van der Waals surface area contributed by atoms with E-state index in [1.54, 1.807) is 5.56 Å². The molecule has 0 saturated carbocycles. The molecule has 0 amide bonds. The fourth-order valence-corrected chi connectivity index (χ4v) is 2.94. The molecular weight excluding hydrogens is 206 g/mol. The molecule has 0 aromatic heterocycles. The van der Waals surface area contributed by atoms with Crippen LogP contribution in [0.4, 0.5) is 5.69 Å². The van der Waals surface area contributed by atoms with Gasteiger partial charge in [0.05, 0.1) is 0 Å². The molecule has 0 spiro atoms. The summed E-state index contributed by atoms with van der Waals surface area (Å²) in [4.78, 5) is 2.64. The van der Waals surface area contributed by atoms with Gasteiger partial charge in [-0.2, -0.15) is 0 Å².